The van der Waals surface area contributed by atoms with Gasteiger partial charge in [-0.2, -0.15) is 0 Å². The van der Waals surface area contributed by atoms with Crippen molar-refractivity contribution in [1.82, 2.24) is 0 Å². The predicted octanol–water partition coefficient (Wildman–Crippen LogP) is 0.177. The Kier molecular flexibility index (Phi) is 9.35. The average molecular weight is 221 g/mol. The molecule has 1 unspecified atom stereocenters. The molecule has 0 spiro atoms. The summed E-state index contributed by atoms with van der Waals surface area (Å²) >= 11 is 0. The minimum absolute atomic E-state index is 0. The fourth-order valence-electron chi connectivity index (χ4n) is 0.432. The topological polar surface area (TPSA) is 43.4 Å². The van der Waals surface area contributed by atoms with Crippen LogP contribution in [0.3, 0.4) is 0 Å². The van der Waals surface area contributed by atoms with Crippen LogP contribution in [-0.2, 0) is 40.5 Å². The fourth-order valence-corrected chi connectivity index (χ4v) is 0.432. The van der Waals surface area contributed by atoms with Gasteiger partial charge in [0.25, 0.3) is 0 Å². The van der Waals surface area contributed by atoms with Crippen molar-refractivity contribution in [2.24, 2.45) is 0 Å². The van der Waals surface area contributed by atoms with E-state index in [2.05, 4.69) is 0 Å². The first kappa shape index (κ1) is 12.8. The minimum Gasteiger partial charge on any atom is -0.363 e. The van der Waals surface area contributed by atoms with Crippen molar-refractivity contribution >= 4 is 12.1 Å². The molecule has 0 aliphatic carbocycles. The van der Waals surface area contributed by atoms with E-state index in [0.29, 0.717) is 12.9 Å². The quantitative estimate of drug-likeness (QED) is 0.502. The summed E-state index contributed by atoms with van der Waals surface area (Å²) < 4.78 is 4.73. The summed E-state index contributed by atoms with van der Waals surface area (Å²) in [6.45, 7) is 3.46. The van der Waals surface area contributed by atoms with E-state index in [1.807, 2.05) is 0 Å². The van der Waals surface area contributed by atoms with Crippen molar-refractivity contribution < 1.29 is 40.5 Å². The molecule has 0 aliphatic rings. The smallest absolute Gasteiger partial charge is 0.170 e. The van der Waals surface area contributed by atoms with Gasteiger partial charge >= 0.3 is 0 Å². The molecule has 0 saturated heterocycles. The maximum atomic E-state index is 10.4. The van der Waals surface area contributed by atoms with Crippen LogP contribution in [0.15, 0.2) is 0 Å². The number of ketones is 1. The largest absolute Gasteiger partial charge is 0.363 e. The summed E-state index contributed by atoms with van der Waals surface area (Å²) in [5.74, 6) is -0.244. The van der Waals surface area contributed by atoms with Crippen LogP contribution < -0.4 is 0 Å². The summed E-state index contributed by atoms with van der Waals surface area (Å²) in [6.07, 6.45) is -0.346. The zero-order chi connectivity index (χ0) is 7.28. The third kappa shape index (κ3) is 5.01. The second-order valence-corrected chi connectivity index (χ2v) is 1.62. The Labute approximate surface area is 79.2 Å². The van der Waals surface area contributed by atoms with Gasteiger partial charge in [0.15, 0.2) is 18.2 Å². The van der Waals surface area contributed by atoms with Crippen LogP contribution in [0.5, 0.6) is 0 Å². The third-order valence-electron chi connectivity index (χ3n) is 0.870. The van der Waals surface area contributed by atoms with E-state index in [0.717, 1.165) is 0 Å². The van der Waals surface area contributed by atoms with E-state index in [9.17, 15) is 9.59 Å². The number of carbonyl (C=O) groups is 2. The van der Waals surface area contributed by atoms with Crippen LogP contribution in [-0.4, -0.2) is 24.8 Å². The van der Waals surface area contributed by atoms with Gasteiger partial charge < -0.3 is 4.74 Å². The summed E-state index contributed by atoms with van der Waals surface area (Å²) in [5.41, 5.74) is 0. The van der Waals surface area contributed by atoms with Crippen LogP contribution in [0.1, 0.15) is 13.8 Å². The first-order valence-corrected chi connectivity index (χ1v) is 2.79. The monoisotopic (exact) mass is 220 g/mol. The number of rotatable bonds is 4. The van der Waals surface area contributed by atoms with Crippen molar-refractivity contribution in [3.05, 3.63) is 0 Å². The van der Waals surface area contributed by atoms with E-state index in [-0.39, 0.29) is 32.0 Å². The second-order valence-electron chi connectivity index (χ2n) is 1.62. The summed E-state index contributed by atoms with van der Waals surface area (Å²) in [7, 11) is 0. The maximum Gasteiger partial charge on any atom is 0.170 e. The van der Waals surface area contributed by atoms with Crippen molar-refractivity contribution in [2.45, 2.75) is 20.0 Å². The minimum atomic E-state index is -0.852. The molecule has 0 rings (SSSR count). The molecular formula is C6H10O3Zr. The molecule has 0 heterocycles. The third-order valence-corrected chi connectivity index (χ3v) is 0.870. The van der Waals surface area contributed by atoms with Crippen LogP contribution in [0, 0.1) is 0 Å². The molecule has 3 nitrogen and oxygen atoms in total. The van der Waals surface area contributed by atoms with E-state index in [1.165, 1.54) is 6.92 Å². The molecule has 0 saturated carbocycles. The number of Topliss-reactive ketones (excluding diaryl/α,β-unsaturated/α-hetero) is 1. The molecule has 0 aliphatic heterocycles. The Morgan fingerprint density at radius 3 is 2.30 bits per heavy atom. The summed E-state index contributed by atoms with van der Waals surface area (Å²) in [6, 6.07) is 0. The van der Waals surface area contributed by atoms with Crippen LogP contribution in [0.4, 0.5) is 0 Å². The first-order valence-electron chi connectivity index (χ1n) is 2.79. The van der Waals surface area contributed by atoms with Crippen LogP contribution in [0.2, 0.25) is 0 Å². The second kappa shape index (κ2) is 7.29. The molecule has 1 atom stereocenters. The number of ether oxygens (including phenoxy) is 1. The van der Waals surface area contributed by atoms with E-state index in [4.69, 9.17) is 4.74 Å². The number of aldehydes is 1. The van der Waals surface area contributed by atoms with E-state index >= 15 is 0 Å². The van der Waals surface area contributed by atoms with Crippen LogP contribution >= 0.6 is 0 Å². The molecule has 4 heteroatoms. The Balaban J connectivity index is 0. The molecular weight excluding hydrogens is 211 g/mol. The average Bonchev–Trinajstić information content (AvgIpc) is 1.82. The Hall–Kier alpha value is 0.183. The van der Waals surface area contributed by atoms with Crippen molar-refractivity contribution in [3.63, 3.8) is 0 Å². The molecule has 0 aromatic rings. The van der Waals surface area contributed by atoms with E-state index < -0.39 is 6.10 Å². The first-order chi connectivity index (χ1) is 4.22. The van der Waals surface area contributed by atoms with Gasteiger partial charge in [0.05, 0.1) is 0 Å². The molecule has 0 N–H and O–H groups in total. The molecule has 56 valence electrons. The molecule has 0 aromatic heterocycles. The SMILES string of the molecule is CCOC(C=O)C(C)=O.[Zr]. The van der Waals surface area contributed by atoms with Gasteiger partial charge in [-0.1, -0.05) is 0 Å². The van der Waals surface area contributed by atoms with Gasteiger partial charge in [-0.3, -0.25) is 9.59 Å². The molecule has 0 bridgehead atoms. The van der Waals surface area contributed by atoms with Crippen molar-refractivity contribution in [2.75, 3.05) is 6.61 Å². The van der Waals surface area contributed by atoms with Gasteiger partial charge in [0.2, 0.25) is 0 Å². The summed E-state index contributed by atoms with van der Waals surface area (Å²) in [4.78, 5) is 20.4. The standard InChI is InChI=1S/C6H10O3.Zr/c1-3-9-6(4-7)5(2)8;/h4,6H,3H2,1-2H3;. The van der Waals surface area contributed by atoms with E-state index in [1.54, 1.807) is 6.92 Å². The Morgan fingerprint density at radius 1 is 1.70 bits per heavy atom. The maximum absolute atomic E-state index is 10.4. The predicted molar refractivity (Wildman–Crippen MR) is 32.2 cm³/mol. The molecule has 0 fully saturated rings. The normalized spacial score (nSPS) is 11.4. The molecule has 10 heavy (non-hydrogen) atoms. The fraction of sp³-hybridized carbons (Fsp3) is 0.667. The number of carbonyl (C=O) groups excluding carboxylic acids is 2. The van der Waals surface area contributed by atoms with Gasteiger partial charge in [0.1, 0.15) is 0 Å². The van der Waals surface area contributed by atoms with Crippen molar-refractivity contribution in [3.8, 4) is 0 Å². The van der Waals surface area contributed by atoms with Crippen molar-refractivity contribution in [1.29, 1.82) is 0 Å². The number of hydrogen-bond acceptors (Lipinski definition) is 3. The molecule has 0 radical (unpaired) electrons. The molecule has 0 aromatic carbocycles. The number of hydrogen-bond donors (Lipinski definition) is 0. The zero-order valence-corrected chi connectivity index (χ0v) is 8.54. The Morgan fingerprint density at radius 2 is 2.20 bits per heavy atom. The Bertz CT molecular complexity index is 114. The zero-order valence-electron chi connectivity index (χ0n) is 6.09. The van der Waals surface area contributed by atoms with Gasteiger partial charge in [-0.15, -0.1) is 0 Å². The summed E-state index contributed by atoms with van der Waals surface area (Å²) in [5, 5.41) is 0. The van der Waals surface area contributed by atoms with Crippen LogP contribution in [0.25, 0.3) is 0 Å². The van der Waals surface area contributed by atoms with Gasteiger partial charge in [-0.05, 0) is 13.8 Å². The molecule has 0 amide bonds. The van der Waals surface area contributed by atoms with Gasteiger partial charge in [-0.25, -0.2) is 0 Å². The van der Waals surface area contributed by atoms with Gasteiger partial charge in [0, 0.05) is 32.8 Å².